The zero-order chi connectivity index (χ0) is 28.8. The van der Waals surface area contributed by atoms with Crippen LogP contribution in [-0.4, -0.2) is 39.5 Å². The van der Waals surface area contributed by atoms with E-state index in [9.17, 15) is 18.4 Å². The summed E-state index contributed by atoms with van der Waals surface area (Å²) in [5.74, 6) is 0.809. The molecule has 0 saturated carbocycles. The molecule has 0 aliphatic rings. The maximum atomic E-state index is 14.5. The molecule has 202 valence electrons. The molecule has 6 nitrogen and oxygen atoms in total. The Balaban J connectivity index is 1.39. The van der Waals surface area contributed by atoms with Crippen LogP contribution in [0.5, 0.6) is 0 Å². The van der Waals surface area contributed by atoms with Gasteiger partial charge in [0, 0.05) is 43.6 Å². The molecule has 4 rings (SSSR count). The molecule has 0 spiro atoms. The number of amides is 2. The minimum Gasteiger partial charge on any atom is -0.375 e. The van der Waals surface area contributed by atoms with Crippen LogP contribution in [0.4, 0.5) is 31.5 Å². The molecule has 0 radical (unpaired) electrons. The second kappa shape index (κ2) is 12.1. The molecule has 40 heavy (non-hydrogen) atoms. The highest BCUT2D eigenvalue weighted by Gasteiger charge is 2.13. The molecule has 0 saturated heterocycles. The van der Waals surface area contributed by atoms with Crippen LogP contribution in [0.25, 0.3) is 11.1 Å². The lowest BCUT2D eigenvalue weighted by Gasteiger charge is -2.17. The van der Waals surface area contributed by atoms with Gasteiger partial charge in [0.1, 0.15) is 11.6 Å². The van der Waals surface area contributed by atoms with Crippen molar-refractivity contribution in [2.45, 2.75) is 0 Å². The molecule has 0 bridgehead atoms. The molecule has 0 heterocycles. The van der Waals surface area contributed by atoms with Crippen LogP contribution in [0.1, 0.15) is 20.7 Å². The van der Waals surface area contributed by atoms with E-state index in [1.165, 1.54) is 12.1 Å². The molecule has 0 unspecified atom stereocenters. The van der Waals surface area contributed by atoms with E-state index in [0.717, 1.165) is 11.1 Å². The first-order valence-corrected chi connectivity index (χ1v) is 12.4. The molecule has 0 aliphatic heterocycles. The Morgan fingerprint density at radius 3 is 1.50 bits per heavy atom. The number of rotatable bonds is 8. The van der Waals surface area contributed by atoms with Crippen LogP contribution in [-0.2, 0) is 0 Å². The molecular weight excluding hydrogens is 510 g/mol. The van der Waals surface area contributed by atoms with Crippen molar-refractivity contribution in [2.24, 2.45) is 0 Å². The molecule has 0 atom stereocenters. The van der Waals surface area contributed by atoms with Crippen molar-refractivity contribution in [1.82, 2.24) is 0 Å². The average Bonchev–Trinajstić information content (AvgIpc) is 2.93. The van der Waals surface area contributed by atoms with Gasteiger partial charge < -0.3 is 20.4 Å². The monoisotopic (exact) mass is 538 g/mol. The van der Waals surface area contributed by atoms with Crippen LogP contribution in [0.15, 0.2) is 84.9 Å². The lowest BCUT2D eigenvalue weighted by molar-refractivity contribution is 0.101. The van der Waals surface area contributed by atoms with Gasteiger partial charge in [-0.15, -0.1) is 6.42 Å². The molecule has 0 fully saturated rings. The summed E-state index contributed by atoms with van der Waals surface area (Å²) in [5.41, 5.74) is 3.97. The summed E-state index contributed by atoms with van der Waals surface area (Å²) < 4.78 is 28.7. The highest BCUT2D eigenvalue weighted by molar-refractivity contribution is 6.05. The molecule has 0 aromatic heterocycles. The first-order valence-electron chi connectivity index (χ1n) is 12.4. The summed E-state index contributed by atoms with van der Waals surface area (Å²) in [6, 6.07) is 22.8. The largest absolute Gasteiger partial charge is 0.375 e. The zero-order valence-corrected chi connectivity index (χ0v) is 22.3. The number of terminal acetylenes is 1. The Kier molecular flexibility index (Phi) is 8.45. The normalized spacial score (nSPS) is 10.4. The van der Waals surface area contributed by atoms with Crippen LogP contribution >= 0.6 is 0 Å². The summed E-state index contributed by atoms with van der Waals surface area (Å²) in [7, 11) is 5.17. The predicted octanol–water partition coefficient (Wildman–Crippen LogP) is 6.27. The number of carbonyl (C=O) groups is 2. The van der Waals surface area contributed by atoms with Crippen molar-refractivity contribution in [1.29, 1.82) is 0 Å². The Hall–Kier alpha value is -5.16. The predicted molar refractivity (Wildman–Crippen MR) is 157 cm³/mol. The van der Waals surface area contributed by atoms with Gasteiger partial charge in [-0.3, -0.25) is 9.59 Å². The fourth-order valence-corrected chi connectivity index (χ4v) is 4.10. The number of nitrogens with zero attached hydrogens (tertiary/aromatic N) is 2. The lowest BCUT2D eigenvalue weighted by atomic mass is 10.0. The SMILES string of the molecule is C#CCN(C)c1ccc(NC(=O)c2ccc(-c3ccc(C(=O)Nc4ccc(N(C)C)c(F)c4)cc3)cc2)cc1F. The van der Waals surface area contributed by atoms with Gasteiger partial charge in [0.15, 0.2) is 0 Å². The van der Waals surface area contributed by atoms with Gasteiger partial charge in [-0.1, -0.05) is 30.2 Å². The summed E-state index contributed by atoms with van der Waals surface area (Å²) in [5, 5.41) is 5.41. The maximum absolute atomic E-state index is 14.5. The van der Waals surface area contributed by atoms with E-state index >= 15 is 0 Å². The van der Waals surface area contributed by atoms with Gasteiger partial charge in [-0.05, 0) is 71.8 Å². The number of halogens is 2. The van der Waals surface area contributed by atoms with E-state index in [-0.39, 0.29) is 18.4 Å². The lowest BCUT2D eigenvalue weighted by Crippen LogP contribution is -2.18. The number of hydrogen-bond donors (Lipinski definition) is 2. The number of carbonyl (C=O) groups excluding carboxylic acids is 2. The molecule has 2 N–H and O–H groups in total. The van der Waals surface area contributed by atoms with Crippen molar-refractivity contribution >= 4 is 34.6 Å². The van der Waals surface area contributed by atoms with Crippen LogP contribution < -0.4 is 20.4 Å². The Morgan fingerprint density at radius 2 is 1.12 bits per heavy atom. The summed E-state index contributed by atoms with van der Waals surface area (Å²) in [6.45, 7) is 0.262. The average molecular weight is 539 g/mol. The van der Waals surface area contributed by atoms with Gasteiger partial charge in [0.2, 0.25) is 0 Å². The van der Waals surface area contributed by atoms with Gasteiger partial charge in [0.25, 0.3) is 11.8 Å². The van der Waals surface area contributed by atoms with Crippen LogP contribution in [0, 0.1) is 24.0 Å². The zero-order valence-electron chi connectivity index (χ0n) is 22.3. The van der Waals surface area contributed by atoms with Gasteiger partial charge in [0.05, 0.1) is 17.9 Å². The number of hydrogen-bond acceptors (Lipinski definition) is 4. The molecule has 4 aromatic rings. The summed E-state index contributed by atoms with van der Waals surface area (Å²) in [4.78, 5) is 28.6. The summed E-state index contributed by atoms with van der Waals surface area (Å²) in [6.07, 6.45) is 5.29. The van der Waals surface area contributed by atoms with Crippen LogP contribution in [0.2, 0.25) is 0 Å². The fraction of sp³-hybridized carbons (Fsp3) is 0.125. The number of benzene rings is 4. The highest BCUT2D eigenvalue weighted by atomic mass is 19.1. The molecule has 0 aliphatic carbocycles. The molecular formula is C32H28F2N4O2. The Morgan fingerprint density at radius 1 is 0.700 bits per heavy atom. The van der Waals surface area contributed by atoms with Crippen molar-refractivity contribution in [2.75, 3.05) is 48.1 Å². The van der Waals surface area contributed by atoms with Crippen molar-refractivity contribution < 1.29 is 18.4 Å². The van der Waals surface area contributed by atoms with Gasteiger partial charge >= 0.3 is 0 Å². The van der Waals surface area contributed by atoms with Gasteiger partial charge in [-0.25, -0.2) is 8.78 Å². The van der Waals surface area contributed by atoms with Crippen LogP contribution in [0.3, 0.4) is 0 Å². The first-order chi connectivity index (χ1) is 19.2. The minimum absolute atomic E-state index is 0.262. The topological polar surface area (TPSA) is 64.7 Å². The second-order valence-corrected chi connectivity index (χ2v) is 9.35. The Bertz CT molecular complexity index is 1580. The number of nitrogens with one attached hydrogen (secondary N) is 2. The van der Waals surface area contributed by atoms with E-state index in [1.807, 2.05) is 0 Å². The third kappa shape index (κ3) is 6.45. The van der Waals surface area contributed by atoms with Crippen molar-refractivity contribution in [3.8, 4) is 23.5 Å². The van der Waals surface area contributed by atoms with E-state index in [4.69, 9.17) is 6.42 Å². The minimum atomic E-state index is -0.488. The van der Waals surface area contributed by atoms with E-state index in [0.29, 0.717) is 33.9 Å². The van der Waals surface area contributed by atoms with Gasteiger partial charge in [-0.2, -0.15) is 0 Å². The quantitative estimate of drug-likeness (QED) is 0.260. The van der Waals surface area contributed by atoms with E-state index < -0.39 is 11.6 Å². The molecule has 8 heteroatoms. The third-order valence-corrected chi connectivity index (χ3v) is 6.26. The fourth-order valence-electron chi connectivity index (χ4n) is 4.10. The summed E-state index contributed by atoms with van der Waals surface area (Å²) >= 11 is 0. The smallest absolute Gasteiger partial charge is 0.255 e. The van der Waals surface area contributed by atoms with Crippen molar-refractivity contribution in [3.63, 3.8) is 0 Å². The second-order valence-electron chi connectivity index (χ2n) is 9.35. The van der Waals surface area contributed by atoms with E-state index in [1.54, 1.807) is 104 Å². The first kappa shape index (κ1) is 27.9. The van der Waals surface area contributed by atoms with E-state index in [2.05, 4.69) is 16.6 Å². The van der Waals surface area contributed by atoms with Crippen molar-refractivity contribution in [3.05, 3.63) is 108 Å². The third-order valence-electron chi connectivity index (χ3n) is 6.26. The standard InChI is InChI=1S/C32H28F2N4O2/c1-5-18-38(4)30-17-15-26(20-28(30)34)36-32(40)24-12-8-22(9-13-24)21-6-10-23(11-7-21)31(39)35-25-14-16-29(37(2)3)27(33)19-25/h1,6-17,19-20H,18H2,2-4H3,(H,35,39)(H,36,40). The number of anilines is 4. The highest BCUT2D eigenvalue weighted by Crippen LogP contribution is 2.25. The molecule has 2 amide bonds. The maximum Gasteiger partial charge on any atom is 0.255 e. The Labute approximate surface area is 232 Å². The molecule has 4 aromatic carbocycles.